The fraction of sp³-hybridized carbons (Fsp3) is 0.125. The van der Waals surface area contributed by atoms with Crippen LogP contribution in [0.4, 0.5) is 5.69 Å². The van der Waals surface area contributed by atoms with Crippen molar-refractivity contribution in [3.63, 3.8) is 0 Å². The van der Waals surface area contributed by atoms with Gasteiger partial charge < -0.3 is 10.5 Å². The first-order valence-electron chi connectivity index (χ1n) is 4.44. The normalized spacial score (nSPS) is 10.9. The van der Waals surface area contributed by atoms with Crippen molar-refractivity contribution < 1.29 is 22.9 Å². The highest BCUT2D eigenvalue weighted by Crippen LogP contribution is 2.27. The molecule has 0 aromatic heterocycles. The summed E-state index contributed by atoms with van der Waals surface area (Å²) in [6.45, 7) is -0.569. The third-order valence-corrected chi connectivity index (χ3v) is 2.75. The summed E-state index contributed by atoms with van der Waals surface area (Å²) in [4.78, 5) is 19.7. The van der Waals surface area contributed by atoms with E-state index in [9.17, 15) is 23.3 Å². The number of primary sulfonamides is 1. The minimum atomic E-state index is -4.22. The maximum Gasteiger partial charge on any atom is 0.271 e. The van der Waals surface area contributed by atoms with Crippen molar-refractivity contribution in [3.05, 3.63) is 28.3 Å². The maximum atomic E-state index is 11.2. The number of nitrogens with zero attached hydrogens (tertiary/aromatic N) is 1. The van der Waals surface area contributed by atoms with Gasteiger partial charge in [-0.25, -0.2) is 13.6 Å². The number of hydrogen-bond donors (Lipinski definition) is 2. The highest BCUT2D eigenvalue weighted by molar-refractivity contribution is 7.89. The molecule has 0 unspecified atom stereocenters. The number of carbonyl (C=O) groups excluding carboxylic acids is 1. The van der Waals surface area contributed by atoms with Gasteiger partial charge in [-0.05, 0) is 6.07 Å². The molecule has 0 fully saturated rings. The second-order valence-electron chi connectivity index (χ2n) is 3.19. The fourth-order valence-corrected chi connectivity index (χ4v) is 1.79. The Hall–Kier alpha value is -2.20. The fourth-order valence-electron chi connectivity index (χ4n) is 1.10. The van der Waals surface area contributed by atoms with Gasteiger partial charge in [0.2, 0.25) is 10.0 Å². The number of nitro groups is 1. The summed E-state index contributed by atoms with van der Waals surface area (Å²) in [6, 6.07) is 2.79. The summed E-state index contributed by atoms with van der Waals surface area (Å²) in [5.41, 5.74) is 4.36. The Balaban J connectivity index is 3.26. The summed E-state index contributed by atoms with van der Waals surface area (Å²) >= 11 is 0. The van der Waals surface area contributed by atoms with Crippen LogP contribution in [0.1, 0.15) is 0 Å². The first-order chi connectivity index (χ1) is 8.21. The standard InChI is InChI=1S/C8H9N3O6S/c9-8(12)4-17-6-2-1-5(11(13)14)3-7(6)18(10,15)16/h1-3H,4H2,(H2,9,12)(H2,10,15,16). The lowest BCUT2D eigenvalue weighted by Crippen LogP contribution is -2.21. The maximum absolute atomic E-state index is 11.2. The van der Waals surface area contributed by atoms with Crippen LogP contribution >= 0.6 is 0 Å². The van der Waals surface area contributed by atoms with Gasteiger partial charge in [-0.1, -0.05) is 0 Å². The molecule has 1 amide bonds. The molecule has 9 nitrogen and oxygen atoms in total. The third kappa shape index (κ3) is 3.40. The molecule has 0 aliphatic carbocycles. The van der Waals surface area contributed by atoms with Crippen molar-refractivity contribution in [1.82, 2.24) is 0 Å². The van der Waals surface area contributed by atoms with Gasteiger partial charge in [0.1, 0.15) is 10.6 Å². The number of rotatable bonds is 5. The van der Waals surface area contributed by atoms with E-state index < -0.39 is 38.0 Å². The number of amides is 1. The second-order valence-corrected chi connectivity index (χ2v) is 4.72. The van der Waals surface area contributed by atoms with Crippen molar-refractivity contribution in [2.75, 3.05) is 6.61 Å². The van der Waals surface area contributed by atoms with E-state index in [1.54, 1.807) is 0 Å². The largest absolute Gasteiger partial charge is 0.482 e. The van der Waals surface area contributed by atoms with Crippen LogP contribution in [0.3, 0.4) is 0 Å². The van der Waals surface area contributed by atoms with Crippen molar-refractivity contribution in [2.45, 2.75) is 4.90 Å². The summed E-state index contributed by atoms with van der Waals surface area (Å²) in [7, 11) is -4.22. The predicted molar refractivity (Wildman–Crippen MR) is 59.2 cm³/mol. The molecule has 0 aliphatic heterocycles. The lowest BCUT2D eigenvalue weighted by molar-refractivity contribution is -0.385. The van der Waals surface area contributed by atoms with Crippen LogP contribution in [-0.4, -0.2) is 25.9 Å². The minimum Gasteiger partial charge on any atom is -0.482 e. The van der Waals surface area contributed by atoms with Gasteiger partial charge >= 0.3 is 0 Å². The van der Waals surface area contributed by atoms with Gasteiger partial charge in [0.05, 0.1) is 4.92 Å². The van der Waals surface area contributed by atoms with Crippen LogP contribution < -0.4 is 15.6 Å². The van der Waals surface area contributed by atoms with E-state index in [1.807, 2.05) is 0 Å². The molecule has 0 bridgehead atoms. The van der Waals surface area contributed by atoms with E-state index in [0.717, 1.165) is 18.2 Å². The highest BCUT2D eigenvalue weighted by atomic mass is 32.2. The monoisotopic (exact) mass is 275 g/mol. The number of nitro benzene ring substituents is 1. The van der Waals surface area contributed by atoms with Gasteiger partial charge in [0.15, 0.2) is 6.61 Å². The molecule has 18 heavy (non-hydrogen) atoms. The Bertz CT molecular complexity index is 597. The molecule has 0 heterocycles. The predicted octanol–water partition coefficient (Wildman–Crippen LogP) is -0.894. The van der Waals surface area contributed by atoms with Crippen LogP contribution in [0.5, 0.6) is 5.75 Å². The number of primary amides is 1. The van der Waals surface area contributed by atoms with Crippen LogP contribution in [0.25, 0.3) is 0 Å². The van der Waals surface area contributed by atoms with Crippen LogP contribution in [0.15, 0.2) is 23.1 Å². The molecule has 0 atom stereocenters. The lowest BCUT2D eigenvalue weighted by Gasteiger charge is -2.08. The Labute approximate surface area is 102 Å². The summed E-state index contributed by atoms with van der Waals surface area (Å²) in [6.07, 6.45) is 0. The lowest BCUT2D eigenvalue weighted by atomic mass is 10.3. The van der Waals surface area contributed by atoms with Crippen molar-refractivity contribution in [3.8, 4) is 5.75 Å². The Morgan fingerprint density at radius 3 is 2.50 bits per heavy atom. The van der Waals surface area contributed by atoms with Gasteiger partial charge in [0, 0.05) is 12.1 Å². The quantitative estimate of drug-likeness (QED) is 0.524. The molecule has 1 rings (SSSR count). The van der Waals surface area contributed by atoms with E-state index in [2.05, 4.69) is 0 Å². The summed E-state index contributed by atoms with van der Waals surface area (Å²) in [5, 5.41) is 15.4. The number of benzene rings is 1. The molecule has 0 saturated heterocycles. The molecule has 1 aromatic carbocycles. The smallest absolute Gasteiger partial charge is 0.271 e. The minimum absolute atomic E-state index is 0.276. The zero-order valence-corrected chi connectivity index (χ0v) is 9.72. The van der Waals surface area contributed by atoms with Crippen molar-refractivity contribution in [2.24, 2.45) is 10.9 Å². The number of ether oxygens (including phenoxy) is 1. The Morgan fingerprint density at radius 2 is 2.06 bits per heavy atom. The number of carbonyl (C=O) groups is 1. The van der Waals surface area contributed by atoms with Gasteiger partial charge in [-0.15, -0.1) is 0 Å². The molecule has 1 aromatic rings. The molecule has 98 valence electrons. The highest BCUT2D eigenvalue weighted by Gasteiger charge is 2.20. The molecule has 0 saturated carbocycles. The molecule has 0 aliphatic rings. The van der Waals surface area contributed by atoms with Crippen LogP contribution in [0, 0.1) is 10.1 Å². The topological polar surface area (TPSA) is 156 Å². The van der Waals surface area contributed by atoms with Crippen molar-refractivity contribution in [1.29, 1.82) is 0 Å². The molecule has 4 N–H and O–H groups in total. The van der Waals surface area contributed by atoms with E-state index in [0.29, 0.717) is 0 Å². The van der Waals surface area contributed by atoms with E-state index in [4.69, 9.17) is 15.6 Å². The Kier molecular flexibility index (Phi) is 3.83. The molecule has 0 radical (unpaired) electrons. The van der Waals surface area contributed by atoms with Crippen LogP contribution in [-0.2, 0) is 14.8 Å². The van der Waals surface area contributed by atoms with Gasteiger partial charge in [-0.2, -0.15) is 0 Å². The summed E-state index contributed by atoms with van der Waals surface area (Å²) in [5.74, 6) is -1.10. The number of nitrogens with two attached hydrogens (primary N) is 2. The van der Waals surface area contributed by atoms with E-state index in [1.165, 1.54) is 0 Å². The van der Waals surface area contributed by atoms with Crippen LogP contribution in [0.2, 0.25) is 0 Å². The number of non-ortho nitro benzene ring substituents is 1. The average Bonchev–Trinajstić information content (AvgIpc) is 2.24. The SMILES string of the molecule is NC(=O)COc1ccc([N+](=O)[O-])cc1S(N)(=O)=O. The zero-order chi connectivity index (χ0) is 13.9. The van der Waals surface area contributed by atoms with E-state index >= 15 is 0 Å². The Morgan fingerprint density at radius 1 is 1.44 bits per heavy atom. The molecular formula is C8H9N3O6S. The van der Waals surface area contributed by atoms with Crippen molar-refractivity contribution >= 4 is 21.6 Å². The summed E-state index contributed by atoms with van der Waals surface area (Å²) < 4.78 is 27.3. The van der Waals surface area contributed by atoms with Gasteiger partial charge in [-0.3, -0.25) is 14.9 Å². The van der Waals surface area contributed by atoms with Gasteiger partial charge in [0.25, 0.3) is 11.6 Å². The first-order valence-corrected chi connectivity index (χ1v) is 5.99. The zero-order valence-electron chi connectivity index (χ0n) is 8.90. The molecule has 10 heteroatoms. The average molecular weight is 275 g/mol. The second kappa shape index (κ2) is 4.98. The number of sulfonamides is 1. The molecule has 0 spiro atoms. The number of hydrogen-bond acceptors (Lipinski definition) is 6. The third-order valence-electron chi connectivity index (χ3n) is 1.81. The van der Waals surface area contributed by atoms with E-state index in [-0.39, 0.29) is 5.75 Å². The molecular weight excluding hydrogens is 266 g/mol. The first kappa shape index (κ1) is 13.9.